The summed E-state index contributed by atoms with van der Waals surface area (Å²) in [5.74, 6) is 1.60. The van der Waals surface area contributed by atoms with Gasteiger partial charge in [0.25, 0.3) is 5.91 Å². The first-order valence-corrected chi connectivity index (χ1v) is 7.94. The lowest BCUT2D eigenvalue weighted by atomic mass is 10.2. The number of hydrogen-bond acceptors (Lipinski definition) is 7. The molecule has 0 aliphatic rings. The van der Waals surface area contributed by atoms with E-state index >= 15 is 0 Å². The van der Waals surface area contributed by atoms with E-state index in [2.05, 4.69) is 20.4 Å². The normalized spacial score (nSPS) is 10.4. The van der Waals surface area contributed by atoms with E-state index in [4.69, 9.17) is 14.0 Å². The Balaban J connectivity index is 1.63. The maximum atomic E-state index is 12.5. The Kier molecular flexibility index (Phi) is 5.43. The van der Waals surface area contributed by atoms with Crippen molar-refractivity contribution in [2.45, 2.75) is 20.1 Å². The van der Waals surface area contributed by atoms with E-state index in [-0.39, 0.29) is 12.5 Å². The van der Waals surface area contributed by atoms with Gasteiger partial charge in [0.15, 0.2) is 6.61 Å². The fraction of sp³-hybridized carbons (Fsp3) is 0.222. The lowest BCUT2D eigenvalue weighted by molar-refractivity contribution is 0.0946. The van der Waals surface area contributed by atoms with E-state index in [0.717, 1.165) is 5.56 Å². The quantitative estimate of drug-likeness (QED) is 0.695. The average Bonchev–Trinajstić information content (AvgIpc) is 3.10. The van der Waals surface area contributed by atoms with Crippen LogP contribution >= 0.6 is 0 Å². The number of aryl methyl sites for hydroxylation is 1. The first-order valence-electron chi connectivity index (χ1n) is 7.94. The van der Waals surface area contributed by atoms with Gasteiger partial charge in [-0.25, -0.2) is 4.98 Å². The van der Waals surface area contributed by atoms with Crippen molar-refractivity contribution in [3.05, 3.63) is 65.4 Å². The molecule has 0 aliphatic heterocycles. The summed E-state index contributed by atoms with van der Waals surface area (Å²) in [7, 11) is 1.55. The highest BCUT2D eigenvalue weighted by Crippen LogP contribution is 2.19. The lowest BCUT2D eigenvalue weighted by Crippen LogP contribution is -2.23. The van der Waals surface area contributed by atoms with Gasteiger partial charge in [0.2, 0.25) is 17.6 Å². The molecule has 3 rings (SSSR count). The fourth-order valence-corrected chi connectivity index (χ4v) is 2.24. The first kappa shape index (κ1) is 17.4. The molecule has 0 radical (unpaired) electrons. The van der Waals surface area contributed by atoms with Gasteiger partial charge in [-0.2, -0.15) is 4.98 Å². The van der Waals surface area contributed by atoms with Crippen LogP contribution in [0.15, 0.2) is 47.1 Å². The molecule has 1 N–H and O–H groups in total. The summed E-state index contributed by atoms with van der Waals surface area (Å²) >= 11 is 0. The number of rotatable bonds is 7. The van der Waals surface area contributed by atoms with Crippen molar-refractivity contribution in [2.75, 3.05) is 7.11 Å². The van der Waals surface area contributed by atoms with Crippen molar-refractivity contribution in [1.29, 1.82) is 0 Å². The molecule has 0 unspecified atom stereocenters. The van der Waals surface area contributed by atoms with Crippen LogP contribution in [0.25, 0.3) is 0 Å². The molecule has 8 heteroatoms. The minimum absolute atomic E-state index is 0.115. The maximum absolute atomic E-state index is 12.5. The average molecular weight is 354 g/mol. The van der Waals surface area contributed by atoms with E-state index in [1.807, 2.05) is 6.07 Å². The number of methoxy groups -OCH3 is 1. The Morgan fingerprint density at radius 1 is 1.23 bits per heavy atom. The van der Waals surface area contributed by atoms with E-state index in [9.17, 15) is 4.79 Å². The van der Waals surface area contributed by atoms with Crippen LogP contribution in [0, 0.1) is 6.92 Å². The molecule has 26 heavy (non-hydrogen) atoms. The number of nitrogens with zero attached hydrogens (tertiary/aromatic N) is 3. The Morgan fingerprint density at radius 2 is 2.08 bits per heavy atom. The standard InChI is InChI=1S/C18H18N4O4/c1-12-21-16(22-26-12)11-25-15-6-4-3-5-14(15)18(23)20-10-13-7-8-17(24-2)19-9-13/h3-9H,10-11H2,1-2H3,(H,20,23). The molecule has 3 aromatic rings. The van der Waals surface area contributed by atoms with Gasteiger partial charge >= 0.3 is 0 Å². The van der Waals surface area contributed by atoms with Gasteiger partial charge in [0.1, 0.15) is 5.75 Å². The zero-order valence-corrected chi connectivity index (χ0v) is 14.4. The molecule has 1 amide bonds. The molecule has 2 heterocycles. The monoisotopic (exact) mass is 354 g/mol. The summed E-state index contributed by atoms with van der Waals surface area (Å²) in [6.45, 7) is 2.16. The number of ether oxygens (including phenoxy) is 2. The van der Waals surface area contributed by atoms with E-state index in [0.29, 0.717) is 35.5 Å². The van der Waals surface area contributed by atoms with Crippen LogP contribution in [0.1, 0.15) is 27.6 Å². The largest absolute Gasteiger partial charge is 0.485 e. The van der Waals surface area contributed by atoms with Crippen molar-refractivity contribution < 1.29 is 18.8 Å². The van der Waals surface area contributed by atoms with Crippen LogP contribution in [0.2, 0.25) is 0 Å². The van der Waals surface area contributed by atoms with Gasteiger partial charge in [-0.15, -0.1) is 0 Å². The second kappa shape index (κ2) is 8.11. The van der Waals surface area contributed by atoms with E-state index in [1.165, 1.54) is 0 Å². The Hall–Kier alpha value is -3.42. The van der Waals surface area contributed by atoms with Gasteiger partial charge in [-0.05, 0) is 17.7 Å². The summed E-state index contributed by atoms with van der Waals surface area (Å²) < 4.78 is 15.6. The van der Waals surface area contributed by atoms with Gasteiger partial charge in [-0.3, -0.25) is 4.79 Å². The highest BCUT2D eigenvalue weighted by atomic mass is 16.5. The van der Waals surface area contributed by atoms with Gasteiger partial charge in [0.05, 0.1) is 12.7 Å². The topological polar surface area (TPSA) is 99.4 Å². The molecule has 134 valence electrons. The van der Waals surface area contributed by atoms with Gasteiger partial charge in [0, 0.05) is 25.7 Å². The minimum Gasteiger partial charge on any atom is -0.485 e. The highest BCUT2D eigenvalue weighted by molar-refractivity contribution is 5.96. The molecule has 2 aromatic heterocycles. The SMILES string of the molecule is COc1ccc(CNC(=O)c2ccccc2OCc2noc(C)n2)cn1. The molecule has 0 bridgehead atoms. The van der Waals surface area contributed by atoms with Crippen LogP contribution < -0.4 is 14.8 Å². The number of para-hydroxylation sites is 1. The third-order valence-electron chi connectivity index (χ3n) is 3.52. The molecular formula is C18H18N4O4. The summed E-state index contributed by atoms with van der Waals surface area (Å²) in [6, 6.07) is 10.6. The summed E-state index contributed by atoms with van der Waals surface area (Å²) in [6.07, 6.45) is 1.65. The predicted octanol–water partition coefficient (Wildman–Crippen LogP) is 2.29. The van der Waals surface area contributed by atoms with Gasteiger partial charge < -0.3 is 19.3 Å². The number of carbonyl (C=O) groups excluding carboxylic acids is 1. The molecule has 0 saturated heterocycles. The molecule has 0 fully saturated rings. The van der Waals surface area contributed by atoms with E-state index < -0.39 is 0 Å². The maximum Gasteiger partial charge on any atom is 0.255 e. The summed E-state index contributed by atoms with van der Waals surface area (Å²) in [4.78, 5) is 20.7. The zero-order chi connectivity index (χ0) is 18.4. The van der Waals surface area contributed by atoms with Crippen LogP contribution in [0.3, 0.4) is 0 Å². The molecule has 0 atom stereocenters. The smallest absolute Gasteiger partial charge is 0.255 e. The lowest BCUT2D eigenvalue weighted by Gasteiger charge is -2.10. The number of hydrogen-bond donors (Lipinski definition) is 1. The minimum atomic E-state index is -0.249. The van der Waals surface area contributed by atoms with Crippen LogP contribution in [-0.4, -0.2) is 28.1 Å². The van der Waals surface area contributed by atoms with Crippen LogP contribution in [0.5, 0.6) is 11.6 Å². The third kappa shape index (κ3) is 4.35. The van der Waals surface area contributed by atoms with Crippen molar-refractivity contribution in [2.24, 2.45) is 0 Å². The van der Waals surface area contributed by atoms with Crippen molar-refractivity contribution in [1.82, 2.24) is 20.4 Å². The number of pyridine rings is 1. The number of nitrogens with one attached hydrogen (secondary N) is 1. The fourth-order valence-electron chi connectivity index (χ4n) is 2.24. The first-order chi connectivity index (χ1) is 12.7. The Bertz CT molecular complexity index is 877. The number of aromatic nitrogens is 3. The summed E-state index contributed by atoms with van der Waals surface area (Å²) in [5.41, 5.74) is 1.29. The van der Waals surface area contributed by atoms with Gasteiger partial charge in [-0.1, -0.05) is 23.4 Å². The number of amides is 1. The predicted molar refractivity (Wildman–Crippen MR) is 91.8 cm³/mol. The van der Waals surface area contributed by atoms with Crippen molar-refractivity contribution in [3.63, 3.8) is 0 Å². The molecule has 1 aromatic carbocycles. The molecular weight excluding hydrogens is 336 g/mol. The summed E-state index contributed by atoms with van der Waals surface area (Å²) in [5, 5.41) is 6.61. The van der Waals surface area contributed by atoms with E-state index in [1.54, 1.807) is 50.6 Å². The Labute approximate surface area is 150 Å². The second-order valence-electron chi connectivity index (χ2n) is 5.41. The molecule has 0 aliphatic carbocycles. The third-order valence-corrected chi connectivity index (χ3v) is 3.52. The molecule has 0 spiro atoms. The Morgan fingerprint density at radius 3 is 2.77 bits per heavy atom. The van der Waals surface area contributed by atoms with Crippen molar-refractivity contribution >= 4 is 5.91 Å². The van der Waals surface area contributed by atoms with Crippen LogP contribution in [-0.2, 0) is 13.2 Å². The number of benzene rings is 1. The van der Waals surface area contributed by atoms with Crippen LogP contribution in [0.4, 0.5) is 0 Å². The number of carbonyl (C=O) groups is 1. The second-order valence-corrected chi connectivity index (χ2v) is 5.41. The zero-order valence-electron chi connectivity index (χ0n) is 14.4. The van der Waals surface area contributed by atoms with Crippen molar-refractivity contribution in [3.8, 4) is 11.6 Å². The molecule has 8 nitrogen and oxygen atoms in total. The highest BCUT2D eigenvalue weighted by Gasteiger charge is 2.13. The molecule has 0 saturated carbocycles.